The maximum absolute atomic E-state index is 11.9. The van der Waals surface area contributed by atoms with E-state index in [1.165, 1.54) is 6.07 Å². The fourth-order valence-corrected chi connectivity index (χ4v) is 2.71. The van der Waals surface area contributed by atoms with Crippen molar-refractivity contribution in [3.8, 4) is 0 Å². The average Bonchev–Trinajstić information content (AvgIpc) is 2.28. The lowest BCUT2D eigenvalue weighted by atomic mass is 10.3. The predicted molar refractivity (Wildman–Crippen MR) is 74.5 cm³/mol. The Morgan fingerprint density at radius 2 is 2.00 bits per heavy atom. The van der Waals surface area contributed by atoms with Crippen LogP contribution in [0.2, 0.25) is 5.02 Å². The molecule has 0 saturated heterocycles. The van der Waals surface area contributed by atoms with E-state index in [4.69, 9.17) is 11.6 Å². The average molecular weight is 330 g/mol. The molecule has 1 aromatic rings. The minimum Gasteiger partial charge on any atom is -0.318 e. The molecule has 10 heteroatoms. The molecule has 1 rings (SSSR count). The fourth-order valence-electron chi connectivity index (χ4n) is 1.24. The van der Waals surface area contributed by atoms with Gasteiger partial charge in [-0.25, -0.2) is 13.1 Å². The van der Waals surface area contributed by atoms with E-state index in [-0.39, 0.29) is 24.0 Å². The van der Waals surface area contributed by atoms with Crippen LogP contribution in [0.3, 0.4) is 0 Å². The third kappa shape index (κ3) is 4.92. The van der Waals surface area contributed by atoms with E-state index in [0.717, 1.165) is 12.1 Å². The van der Waals surface area contributed by atoms with Crippen LogP contribution < -0.4 is 10.0 Å². The second-order valence-corrected chi connectivity index (χ2v) is 5.54. The van der Waals surface area contributed by atoms with Crippen molar-refractivity contribution in [2.75, 3.05) is 20.1 Å². The molecular formula is C9H13Cl2N3O4S. The fraction of sp³-hybridized carbons (Fsp3) is 0.333. The Balaban J connectivity index is 0.00000324. The first-order valence-corrected chi connectivity index (χ1v) is 6.83. The molecule has 0 saturated carbocycles. The molecule has 0 bridgehead atoms. The molecule has 0 heterocycles. The summed E-state index contributed by atoms with van der Waals surface area (Å²) in [5, 5.41) is 13.6. The van der Waals surface area contributed by atoms with Gasteiger partial charge in [-0.15, -0.1) is 12.4 Å². The molecule has 0 aliphatic carbocycles. The predicted octanol–water partition coefficient (Wildman–Crippen LogP) is 1.17. The summed E-state index contributed by atoms with van der Waals surface area (Å²) in [5.74, 6) is 0. The Hall–Kier alpha value is -0.930. The highest BCUT2D eigenvalue weighted by atomic mass is 35.5. The normalized spacial score (nSPS) is 10.8. The Kier molecular flexibility index (Phi) is 7.24. The van der Waals surface area contributed by atoms with E-state index in [9.17, 15) is 18.5 Å². The van der Waals surface area contributed by atoms with E-state index in [2.05, 4.69) is 10.0 Å². The monoisotopic (exact) mass is 329 g/mol. The van der Waals surface area contributed by atoms with Gasteiger partial charge < -0.3 is 5.32 Å². The number of likely N-dealkylation sites (N-methyl/N-ethyl adjacent to an activating group) is 1. The van der Waals surface area contributed by atoms with E-state index in [0.29, 0.717) is 6.54 Å². The summed E-state index contributed by atoms with van der Waals surface area (Å²) in [5.41, 5.74) is -0.503. The molecule has 2 N–H and O–H groups in total. The van der Waals surface area contributed by atoms with Crippen LogP contribution in [0.5, 0.6) is 0 Å². The largest absolute Gasteiger partial charge is 0.318 e. The minimum absolute atomic E-state index is 0. The SMILES string of the molecule is CNCCNS(=O)(=O)c1cc(Cl)ccc1[N+](=O)[O-].Cl. The summed E-state index contributed by atoms with van der Waals surface area (Å²) in [4.78, 5) is 9.57. The third-order valence-electron chi connectivity index (χ3n) is 2.08. The van der Waals surface area contributed by atoms with Crippen LogP contribution >= 0.6 is 24.0 Å². The highest BCUT2D eigenvalue weighted by Gasteiger charge is 2.25. The summed E-state index contributed by atoms with van der Waals surface area (Å²) >= 11 is 5.66. The molecule has 108 valence electrons. The topological polar surface area (TPSA) is 101 Å². The van der Waals surface area contributed by atoms with Crippen LogP contribution in [0.1, 0.15) is 0 Å². The van der Waals surface area contributed by atoms with Gasteiger partial charge in [0, 0.05) is 24.2 Å². The zero-order valence-corrected chi connectivity index (χ0v) is 12.3. The third-order valence-corrected chi connectivity index (χ3v) is 3.80. The molecule has 0 unspecified atom stereocenters. The van der Waals surface area contributed by atoms with Crippen molar-refractivity contribution in [1.82, 2.24) is 10.0 Å². The highest BCUT2D eigenvalue weighted by molar-refractivity contribution is 7.89. The highest BCUT2D eigenvalue weighted by Crippen LogP contribution is 2.26. The number of hydrogen-bond acceptors (Lipinski definition) is 5. The van der Waals surface area contributed by atoms with Gasteiger partial charge in [0.1, 0.15) is 0 Å². The zero-order chi connectivity index (χ0) is 13.8. The molecule has 0 amide bonds. The number of sulfonamides is 1. The summed E-state index contributed by atoms with van der Waals surface area (Å²) in [6.07, 6.45) is 0. The van der Waals surface area contributed by atoms with Gasteiger partial charge in [-0.05, 0) is 19.2 Å². The molecule has 0 fully saturated rings. The molecular weight excluding hydrogens is 317 g/mol. The first-order chi connectivity index (χ1) is 8.38. The number of nitro groups is 1. The second-order valence-electron chi connectivity index (χ2n) is 3.37. The molecule has 19 heavy (non-hydrogen) atoms. The van der Waals surface area contributed by atoms with Crippen molar-refractivity contribution in [2.24, 2.45) is 0 Å². The van der Waals surface area contributed by atoms with Gasteiger partial charge in [-0.2, -0.15) is 0 Å². The van der Waals surface area contributed by atoms with Gasteiger partial charge >= 0.3 is 0 Å². The first kappa shape index (κ1) is 18.1. The van der Waals surface area contributed by atoms with Gasteiger partial charge in [-0.1, -0.05) is 11.6 Å². The Bertz CT molecular complexity index is 550. The van der Waals surface area contributed by atoms with Crippen molar-refractivity contribution in [1.29, 1.82) is 0 Å². The number of nitro benzene ring substituents is 1. The minimum atomic E-state index is -3.95. The number of halogens is 2. The Labute approximate surface area is 121 Å². The molecule has 0 aliphatic rings. The maximum atomic E-state index is 11.9. The van der Waals surface area contributed by atoms with Crippen molar-refractivity contribution in [3.05, 3.63) is 33.3 Å². The molecule has 7 nitrogen and oxygen atoms in total. The number of benzene rings is 1. The lowest BCUT2D eigenvalue weighted by molar-refractivity contribution is -0.387. The summed E-state index contributed by atoms with van der Waals surface area (Å²) in [7, 11) is -2.28. The van der Waals surface area contributed by atoms with Crippen LogP contribution in [0, 0.1) is 10.1 Å². The Morgan fingerprint density at radius 1 is 1.37 bits per heavy atom. The van der Waals surface area contributed by atoms with Crippen LogP contribution in [0.4, 0.5) is 5.69 Å². The zero-order valence-electron chi connectivity index (χ0n) is 9.92. The molecule has 0 atom stereocenters. The molecule has 0 radical (unpaired) electrons. The standard InChI is InChI=1S/C9H12ClN3O4S.ClH/c1-11-4-5-12-18(16,17)9-6-7(10)2-3-8(9)13(14)15;/h2-3,6,11-12H,4-5H2,1H3;1H. The first-order valence-electron chi connectivity index (χ1n) is 4.96. The Morgan fingerprint density at radius 3 is 2.53 bits per heavy atom. The van der Waals surface area contributed by atoms with Crippen molar-refractivity contribution < 1.29 is 13.3 Å². The summed E-state index contributed by atoms with van der Waals surface area (Å²) in [6, 6.07) is 3.39. The number of nitrogens with one attached hydrogen (secondary N) is 2. The van der Waals surface area contributed by atoms with E-state index in [1.807, 2.05) is 0 Å². The van der Waals surface area contributed by atoms with E-state index >= 15 is 0 Å². The smallest absolute Gasteiger partial charge is 0.289 e. The molecule has 0 spiro atoms. The molecule has 0 aromatic heterocycles. The van der Waals surface area contributed by atoms with Gasteiger partial charge in [0.2, 0.25) is 10.0 Å². The second kappa shape index (κ2) is 7.61. The van der Waals surface area contributed by atoms with E-state index in [1.54, 1.807) is 7.05 Å². The van der Waals surface area contributed by atoms with Crippen LogP contribution in [0.25, 0.3) is 0 Å². The quantitative estimate of drug-likeness (QED) is 0.463. The van der Waals surface area contributed by atoms with Gasteiger partial charge in [0.25, 0.3) is 5.69 Å². The van der Waals surface area contributed by atoms with Crippen molar-refractivity contribution in [3.63, 3.8) is 0 Å². The molecule has 0 aliphatic heterocycles. The van der Waals surface area contributed by atoms with Crippen LogP contribution in [-0.2, 0) is 10.0 Å². The van der Waals surface area contributed by atoms with E-state index < -0.39 is 25.5 Å². The van der Waals surface area contributed by atoms with Crippen LogP contribution in [-0.4, -0.2) is 33.5 Å². The maximum Gasteiger partial charge on any atom is 0.289 e. The lowest BCUT2D eigenvalue weighted by Crippen LogP contribution is -2.30. The van der Waals surface area contributed by atoms with Gasteiger partial charge in [0.15, 0.2) is 4.90 Å². The van der Waals surface area contributed by atoms with Gasteiger partial charge in [-0.3, -0.25) is 10.1 Å². The summed E-state index contributed by atoms with van der Waals surface area (Å²) in [6.45, 7) is 0.538. The number of hydrogen-bond donors (Lipinski definition) is 2. The van der Waals surface area contributed by atoms with Crippen molar-refractivity contribution in [2.45, 2.75) is 4.90 Å². The number of rotatable bonds is 6. The lowest BCUT2D eigenvalue weighted by Gasteiger charge is -2.07. The van der Waals surface area contributed by atoms with Gasteiger partial charge in [0.05, 0.1) is 4.92 Å². The molecule has 1 aromatic carbocycles. The number of nitrogens with zero attached hydrogens (tertiary/aromatic N) is 1. The summed E-state index contributed by atoms with van der Waals surface area (Å²) < 4.78 is 26.0. The van der Waals surface area contributed by atoms with Crippen molar-refractivity contribution >= 4 is 39.7 Å². The van der Waals surface area contributed by atoms with Crippen LogP contribution in [0.15, 0.2) is 23.1 Å².